The van der Waals surface area contributed by atoms with E-state index in [4.69, 9.17) is 14.7 Å². The van der Waals surface area contributed by atoms with Crippen LogP contribution in [0, 0.1) is 17.1 Å². The van der Waals surface area contributed by atoms with Crippen molar-refractivity contribution in [1.82, 2.24) is 4.90 Å². The molecule has 1 aromatic rings. The molecule has 1 aliphatic rings. The van der Waals surface area contributed by atoms with Crippen LogP contribution in [-0.4, -0.2) is 44.4 Å². The summed E-state index contributed by atoms with van der Waals surface area (Å²) in [4.78, 5) is 2.14. The van der Waals surface area contributed by atoms with Crippen molar-refractivity contribution in [2.45, 2.75) is 18.8 Å². The molecule has 1 aliphatic heterocycles. The van der Waals surface area contributed by atoms with E-state index in [0.717, 1.165) is 18.7 Å². The van der Waals surface area contributed by atoms with E-state index in [9.17, 15) is 4.39 Å². The summed E-state index contributed by atoms with van der Waals surface area (Å²) in [6.07, 6.45) is 0.0722. The second kappa shape index (κ2) is 6.11. The molecule has 0 spiro atoms. The molecular weight excluding hydrogens is 247 g/mol. The zero-order valence-electron chi connectivity index (χ0n) is 11.1. The molecule has 0 aliphatic carbocycles. The topological polar surface area (TPSA) is 45.5 Å². The van der Waals surface area contributed by atoms with Crippen molar-refractivity contribution in [2.24, 2.45) is 0 Å². The first-order valence-electron chi connectivity index (χ1n) is 6.13. The van der Waals surface area contributed by atoms with E-state index in [1.165, 1.54) is 12.1 Å². The summed E-state index contributed by atoms with van der Waals surface area (Å²) in [6.45, 7) is 2.08. The number of methoxy groups -OCH3 is 2. The van der Waals surface area contributed by atoms with Crippen LogP contribution in [-0.2, 0) is 16.0 Å². The van der Waals surface area contributed by atoms with E-state index in [1.54, 1.807) is 20.3 Å². The van der Waals surface area contributed by atoms with E-state index in [0.29, 0.717) is 12.1 Å². The van der Waals surface area contributed by atoms with Crippen LogP contribution >= 0.6 is 0 Å². The van der Waals surface area contributed by atoms with Crippen LogP contribution in [0.1, 0.15) is 11.1 Å². The van der Waals surface area contributed by atoms with Crippen molar-refractivity contribution in [3.05, 3.63) is 35.1 Å². The zero-order chi connectivity index (χ0) is 13.8. The first kappa shape index (κ1) is 13.9. The Labute approximate surface area is 112 Å². The molecule has 1 heterocycles. The molecule has 2 rings (SSSR count). The van der Waals surface area contributed by atoms with Crippen molar-refractivity contribution in [3.63, 3.8) is 0 Å². The Kier molecular flexibility index (Phi) is 4.48. The Bertz CT molecular complexity index is 475. The highest BCUT2D eigenvalue weighted by Gasteiger charge is 2.32. The summed E-state index contributed by atoms with van der Waals surface area (Å²) in [6, 6.07) is 6.38. The summed E-state index contributed by atoms with van der Waals surface area (Å²) < 4.78 is 24.1. The van der Waals surface area contributed by atoms with Crippen molar-refractivity contribution >= 4 is 0 Å². The van der Waals surface area contributed by atoms with Crippen LogP contribution < -0.4 is 0 Å². The molecule has 1 aromatic carbocycles. The fraction of sp³-hybridized carbons (Fsp3) is 0.500. The number of likely N-dealkylation sites (tertiary alicyclic amines) is 1. The maximum Gasteiger partial charge on any atom is 0.124 e. The van der Waals surface area contributed by atoms with Gasteiger partial charge in [-0.25, -0.2) is 4.39 Å². The minimum atomic E-state index is -0.375. The lowest BCUT2D eigenvalue weighted by atomic mass is 10.1. The van der Waals surface area contributed by atoms with Crippen molar-refractivity contribution in [2.75, 3.05) is 27.3 Å². The van der Waals surface area contributed by atoms with E-state index in [2.05, 4.69) is 4.90 Å². The highest BCUT2D eigenvalue weighted by atomic mass is 19.1. The van der Waals surface area contributed by atoms with E-state index in [-0.39, 0.29) is 18.0 Å². The van der Waals surface area contributed by atoms with Gasteiger partial charge >= 0.3 is 0 Å². The first-order valence-corrected chi connectivity index (χ1v) is 6.13. The van der Waals surface area contributed by atoms with Gasteiger partial charge in [-0.1, -0.05) is 0 Å². The number of rotatable bonds is 4. The second-order valence-corrected chi connectivity index (χ2v) is 4.70. The summed E-state index contributed by atoms with van der Waals surface area (Å²) in [5.41, 5.74) is 1.14. The molecule has 4 nitrogen and oxygen atoms in total. The fourth-order valence-electron chi connectivity index (χ4n) is 2.46. The van der Waals surface area contributed by atoms with Crippen LogP contribution in [0.2, 0.25) is 0 Å². The fourth-order valence-corrected chi connectivity index (χ4v) is 2.46. The summed E-state index contributed by atoms with van der Waals surface area (Å²) >= 11 is 0. The number of hydrogen-bond acceptors (Lipinski definition) is 4. The Morgan fingerprint density at radius 2 is 1.89 bits per heavy atom. The van der Waals surface area contributed by atoms with Gasteiger partial charge in [0.1, 0.15) is 5.82 Å². The minimum absolute atomic E-state index is 0.0361. The second-order valence-electron chi connectivity index (χ2n) is 4.70. The van der Waals surface area contributed by atoms with Gasteiger partial charge in [0.15, 0.2) is 0 Å². The molecule has 2 atom stereocenters. The monoisotopic (exact) mass is 264 g/mol. The number of benzene rings is 1. The van der Waals surface area contributed by atoms with Gasteiger partial charge in [-0.15, -0.1) is 0 Å². The van der Waals surface area contributed by atoms with Gasteiger partial charge in [-0.2, -0.15) is 5.26 Å². The highest BCUT2D eigenvalue weighted by molar-refractivity contribution is 5.33. The average Bonchev–Trinajstić information content (AvgIpc) is 2.80. The third-order valence-electron chi connectivity index (χ3n) is 3.39. The zero-order valence-corrected chi connectivity index (χ0v) is 11.1. The predicted molar refractivity (Wildman–Crippen MR) is 68.0 cm³/mol. The lowest BCUT2D eigenvalue weighted by molar-refractivity contribution is -0.00461. The standard InChI is InChI=1S/C14H17FN2O2/c1-18-13-8-17(9-14(13)19-2)7-11-3-10(6-16)4-12(15)5-11/h3-5,13-14H,7-9H2,1-2H3. The number of nitriles is 1. The third kappa shape index (κ3) is 3.29. The maximum absolute atomic E-state index is 13.4. The smallest absolute Gasteiger partial charge is 0.124 e. The molecule has 0 bridgehead atoms. The van der Waals surface area contributed by atoms with Gasteiger partial charge in [0.25, 0.3) is 0 Å². The van der Waals surface area contributed by atoms with Gasteiger partial charge < -0.3 is 9.47 Å². The Morgan fingerprint density at radius 1 is 1.26 bits per heavy atom. The molecular formula is C14H17FN2O2. The van der Waals surface area contributed by atoms with Crippen molar-refractivity contribution in [3.8, 4) is 6.07 Å². The van der Waals surface area contributed by atoms with Gasteiger partial charge in [-0.05, 0) is 23.8 Å². The molecule has 19 heavy (non-hydrogen) atoms. The number of ether oxygens (including phenoxy) is 2. The molecule has 0 radical (unpaired) electrons. The molecule has 1 saturated heterocycles. The maximum atomic E-state index is 13.4. The van der Waals surface area contributed by atoms with Crippen molar-refractivity contribution < 1.29 is 13.9 Å². The molecule has 0 amide bonds. The quantitative estimate of drug-likeness (QED) is 0.827. The molecule has 0 saturated carbocycles. The van der Waals surface area contributed by atoms with Gasteiger partial charge in [0.05, 0.1) is 23.8 Å². The molecule has 102 valence electrons. The molecule has 0 N–H and O–H groups in total. The van der Waals surface area contributed by atoms with Crippen molar-refractivity contribution in [1.29, 1.82) is 5.26 Å². The number of halogens is 1. The molecule has 0 aromatic heterocycles. The lowest BCUT2D eigenvalue weighted by Gasteiger charge is -2.15. The first-order chi connectivity index (χ1) is 9.16. The Balaban J connectivity index is 2.06. The van der Waals surface area contributed by atoms with E-state index < -0.39 is 0 Å². The van der Waals surface area contributed by atoms with E-state index >= 15 is 0 Å². The third-order valence-corrected chi connectivity index (χ3v) is 3.39. The Morgan fingerprint density at radius 3 is 2.42 bits per heavy atom. The summed E-state index contributed by atoms with van der Waals surface area (Å²) in [5, 5.41) is 8.84. The van der Waals surface area contributed by atoms with Crippen LogP contribution in [0.4, 0.5) is 4.39 Å². The summed E-state index contributed by atoms with van der Waals surface area (Å²) in [5.74, 6) is -0.375. The number of nitrogens with zero attached hydrogens (tertiary/aromatic N) is 2. The lowest BCUT2D eigenvalue weighted by Crippen LogP contribution is -2.27. The predicted octanol–water partition coefficient (Wildman–Crippen LogP) is 1.54. The van der Waals surface area contributed by atoms with Crippen LogP contribution in [0.15, 0.2) is 18.2 Å². The van der Waals surface area contributed by atoms with Gasteiger partial charge in [-0.3, -0.25) is 4.90 Å². The molecule has 2 unspecified atom stereocenters. The minimum Gasteiger partial charge on any atom is -0.377 e. The van der Waals surface area contributed by atoms with Gasteiger partial charge in [0.2, 0.25) is 0 Å². The average molecular weight is 264 g/mol. The van der Waals surface area contributed by atoms with Gasteiger partial charge in [0, 0.05) is 33.9 Å². The van der Waals surface area contributed by atoms with Crippen LogP contribution in [0.5, 0.6) is 0 Å². The summed E-state index contributed by atoms with van der Waals surface area (Å²) in [7, 11) is 3.33. The highest BCUT2D eigenvalue weighted by Crippen LogP contribution is 2.19. The largest absolute Gasteiger partial charge is 0.377 e. The van der Waals surface area contributed by atoms with E-state index in [1.807, 2.05) is 6.07 Å². The molecule has 5 heteroatoms. The van der Waals surface area contributed by atoms with Crippen LogP contribution in [0.25, 0.3) is 0 Å². The normalized spacial score (nSPS) is 23.5. The Hall–Kier alpha value is -1.48. The van der Waals surface area contributed by atoms with Crippen LogP contribution in [0.3, 0.4) is 0 Å². The molecule has 1 fully saturated rings. The SMILES string of the molecule is COC1CN(Cc2cc(F)cc(C#N)c2)CC1OC. The number of hydrogen-bond donors (Lipinski definition) is 0.